The molecule has 0 saturated carbocycles. The molecule has 8 N–H and O–H groups in total. The molecule has 1 amide bonds. The Labute approximate surface area is 259 Å². The van der Waals surface area contributed by atoms with Crippen molar-refractivity contribution in [2.24, 2.45) is 16.6 Å². The van der Waals surface area contributed by atoms with E-state index in [1.165, 1.54) is 12.5 Å². The summed E-state index contributed by atoms with van der Waals surface area (Å²) in [6, 6.07) is 4.50. The van der Waals surface area contributed by atoms with E-state index >= 15 is 0 Å². The standard InChI is InChI=1S/C24H24F3N8OP.C5H12.C2H6/c1-9-18-12(8-28)19(29)14(26)7-15(18)32-20(9)21(22(30)36)31-10(2)11-3-6-17(37)34-23(11)35-24-13(25)4-5-16(27)33-24;1-4-5(2)3;1-2/h3-9,24,28,32-33H,29,37H2,1-2H3,(H2,30,36)(H,34,35);5H,4H2,1-3H3;1-2H3/b21-20+,28-8?,31-10?;;. The van der Waals surface area contributed by atoms with Crippen molar-refractivity contribution in [1.29, 1.82) is 5.41 Å². The molecule has 0 saturated heterocycles. The number of dihydropyridines is 1. The van der Waals surface area contributed by atoms with Gasteiger partial charge >= 0.3 is 0 Å². The van der Waals surface area contributed by atoms with Gasteiger partial charge in [-0.05, 0) is 48.8 Å². The van der Waals surface area contributed by atoms with Crippen molar-refractivity contribution < 1.29 is 18.0 Å². The van der Waals surface area contributed by atoms with E-state index in [1.807, 2.05) is 13.8 Å². The predicted octanol–water partition coefficient (Wildman–Crippen LogP) is 6.12. The zero-order chi connectivity index (χ0) is 33.3. The number of allylic oxidation sites excluding steroid dienone is 3. The lowest BCUT2D eigenvalue weighted by Crippen LogP contribution is -2.38. The van der Waals surface area contributed by atoms with Gasteiger partial charge in [0.1, 0.15) is 23.2 Å². The number of benzene rings is 1. The maximum atomic E-state index is 14.3. The number of anilines is 3. The largest absolute Gasteiger partial charge is 0.396 e. The van der Waals surface area contributed by atoms with Crippen molar-refractivity contribution in [3.63, 3.8) is 0 Å². The van der Waals surface area contributed by atoms with Gasteiger partial charge in [0.15, 0.2) is 12.1 Å². The first kappa shape index (κ1) is 36.0. The number of carbonyl (C=O) groups excluding carboxylic acids is 1. The van der Waals surface area contributed by atoms with Crippen LogP contribution >= 0.6 is 9.24 Å². The van der Waals surface area contributed by atoms with E-state index in [0.29, 0.717) is 33.7 Å². The highest BCUT2D eigenvalue weighted by Crippen LogP contribution is 2.44. The van der Waals surface area contributed by atoms with Gasteiger partial charge in [-0.25, -0.2) is 18.8 Å². The van der Waals surface area contributed by atoms with Crippen LogP contribution in [0.2, 0.25) is 0 Å². The highest BCUT2D eigenvalue weighted by molar-refractivity contribution is 7.26. The van der Waals surface area contributed by atoms with Crippen molar-refractivity contribution in [2.45, 2.75) is 67.0 Å². The Bertz CT molecular complexity index is 1520. The summed E-state index contributed by atoms with van der Waals surface area (Å²) in [7, 11) is 2.41. The van der Waals surface area contributed by atoms with Crippen LogP contribution in [0.4, 0.5) is 30.4 Å². The summed E-state index contributed by atoms with van der Waals surface area (Å²) in [5.41, 5.74) is 13.8. The van der Waals surface area contributed by atoms with Crippen LogP contribution in [0.5, 0.6) is 0 Å². The highest BCUT2D eigenvalue weighted by atomic mass is 31.0. The summed E-state index contributed by atoms with van der Waals surface area (Å²) in [6.45, 7) is 14.0. The van der Waals surface area contributed by atoms with E-state index in [-0.39, 0.29) is 22.8 Å². The molecule has 44 heavy (non-hydrogen) atoms. The zero-order valence-corrected chi connectivity index (χ0v) is 27.2. The first-order valence-corrected chi connectivity index (χ1v) is 14.9. The number of halogens is 3. The SMILES string of the molecule is CC.CC(=N/C(C(N)=O)=C1/Nc2cc(F)c(N)c(C=N)c2C1C)c1ccc(P)nc1NC1NC(F)=CC=C1F.CCC(C)C. The van der Waals surface area contributed by atoms with Crippen LogP contribution in [0.25, 0.3) is 0 Å². The molecule has 13 heteroatoms. The van der Waals surface area contributed by atoms with E-state index < -0.39 is 35.6 Å². The summed E-state index contributed by atoms with van der Waals surface area (Å²) in [5.74, 6) is -2.40. The Hall–Kier alpha value is -4.18. The minimum atomic E-state index is -1.21. The first-order valence-electron chi connectivity index (χ1n) is 14.3. The van der Waals surface area contributed by atoms with Crippen LogP contribution < -0.4 is 32.9 Å². The molecule has 2 aromatic rings. The number of nitrogens with two attached hydrogens (primary N) is 2. The molecule has 0 radical (unpaired) electrons. The second-order valence-corrected chi connectivity index (χ2v) is 10.8. The fourth-order valence-electron chi connectivity index (χ4n) is 4.19. The molecular formula is C31H42F3N8OP. The van der Waals surface area contributed by atoms with Crippen LogP contribution in [-0.4, -0.2) is 29.0 Å². The molecule has 1 aromatic heterocycles. The molecule has 3 heterocycles. The van der Waals surface area contributed by atoms with Gasteiger partial charge < -0.3 is 32.8 Å². The number of aromatic nitrogens is 1. The van der Waals surface area contributed by atoms with Crippen LogP contribution in [-0.2, 0) is 4.79 Å². The normalized spacial score (nSPS) is 18.2. The minimum absolute atomic E-state index is 0.132. The molecule has 0 spiro atoms. The predicted molar refractivity (Wildman–Crippen MR) is 178 cm³/mol. The summed E-state index contributed by atoms with van der Waals surface area (Å²) in [5, 5.41) is 15.8. The monoisotopic (exact) mass is 630 g/mol. The fourth-order valence-corrected chi connectivity index (χ4v) is 4.41. The molecule has 2 aliphatic heterocycles. The Morgan fingerprint density at radius 3 is 2.45 bits per heavy atom. The first-order chi connectivity index (χ1) is 20.8. The van der Waals surface area contributed by atoms with E-state index in [9.17, 15) is 18.0 Å². The number of aliphatic imine (C=N–C) groups is 1. The third kappa shape index (κ3) is 8.47. The number of carbonyl (C=O) groups is 1. The van der Waals surface area contributed by atoms with Crippen molar-refractivity contribution in [1.82, 2.24) is 10.3 Å². The molecular weight excluding hydrogens is 588 g/mol. The maximum Gasteiger partial charge on any atom is 0.269 e. The van der Waals surface area contributed by atoms with Gasteiger partial charge in [-0.15, -0.1) is 0 Å². The average molecular weight is 631 g/mol. The number of hydrogen-bond donors (Lipinski definition) is 6. The number of amides is 1. The zero-order valence-electron chi connectivity index (χ0n) is 26.1. The average Bonchev–Trinajstić information content (AvgIpc) is 3.30. The Morgan fingerprint density at radius 1 is 1.25 bits per heavy atom. The van der Waals surface area contributed by atoms with Gasteiger partial charge in [0, 0.05) is 34.7 Å². The van der Waals surface area contributed by atoms with Crippen molar-refractivity contribution in [2.75, 3.05) is 16.4 Å². The topological polar surface area (TPSA) is 154 Å². The van der Waals surface area contributed by atoms with Crippen LogP contribution in [0.1, 0.15) is 77.5 Å². The quantitative estimate of drug-likeness (QED) is 0.0712. The van der Waals surface area contributed by atoms with E-state index in [2.05, 4.69) is 55.9 Å². The van der Waals surface area contributed by atoms with Gasteiger partial charge in [0.25, 0.3) is 5.91 Å². The third-order valence-corrected chi connectivity index (χ3v) is 7.12. The molecule has 2 aliphatic rings. The van der Waals surface area contributed by atoms with Gasteiger partial charge in [-0.3, -0.25) is 4.79 Å². The summed E-state index contributed by atoms with van der Waals surface area (Å²) >= 11 is 0. The molecule has 0 bridgehead atoms. The lowest BCUT2D eigenvalue weighted by molar-refractivity contribution is -0.114. The number of fused-ring (bicyclic) bond motifs is 1. The lowest BCUT2D eigenvalue weighted by atomic mass is 9.93. The summed E-state index contributed by atoms with van der Waals surface area (Å²) in [6.07, 6.45) is 3.00. The van der Waals surface area contributed by atoms with Crippen LogP contribution in [0.15, 0.2) is 58.5 Å². The van der Waals surface area contributed by atoms with E-state index in [4.69, 9.17) is 16.9 Å². The summed E-state index contributed by atoms with van der Waals surface area (Å²) in [4.78, 5) is 21.3. The van der Waals surface area contributed by atoms with Gasteiger partial charge in [-0.1, -0.05) is 57.2 Å². The molecule has 3 atom stereocenters. The van der Waals surface area contributed by atoms with Crippen molar-refractivity contribution in [3.8, 4) is 0 Å². The molecule has 0 fully saturated rings. The number of pyridine rings is 1. The van der Waals surface area contributed by atoms with Crippen molar-refractivity contribution >= 4 is 49.7 Å². The Balaban J connectivity index is 0.000000876. The van der Waals surface area contributed by atoms with Gasteiger partial charge in [0.05, 0.1) is 16.8 Å². The fraction of sp³-hybridized carbons (Fsp3) is 0.355. The van der Waals surface area contributed by atoms with Crippen molar-refractivity contribution in [3.05, 3.63) is 76.0 Å². The smallest absolute Gasteiger partial charge is 0.269 e. The number of rotatable bonds is 7. The number of nitrogens with one attached hydrogen (secondary N) is 4. The van der Waals surface area contributed by atoms with Gasteiger partial charge in [-0.2, -0.15) is 4.39 Å². The Morgan fingerprint density at radius 2 is 1.89 bits per heavy atom. The molecule has 238 valence electrons. The maximum absolute atomic E-state index is 14.3. The third-order valence-electron chi connectivity index (χ3n) is 6.80. The number of nitrogen functional groups attached to an aromatic ring is 1. The molecule has 1 aromatic carbocycles. The molecule has 0 aliphatic carbocycles. The Kier molecular flexibility index (Phi) is 13.1. The molecule has 4 rings (SSSR count). The number of nitrogens with zero attached hydrogens (tertiary/aromatic N) is 2. The number of primary amides is 1. The second kappa shape index (κ2) is 16.0. The van der Waals surface area contributed by atoms with Gasteiger partial charge in [0.2, 0.25) is 0 Å². The molecule has 3 unspecified atom stereocenters. The lowest BCUT2D eigenvalue weighted by Gasteiger charge is -2.23. The minimum Gasteiger partial charge on any atom is -0.396 e. The van der Waals surface area contributed by atoms with Crippen LogP contribution in [0, 0.1) is 17.1 Å². The second-order valence-electron chi connectivity index (χ2n) is 10.2. The van der Waals surface area contributed by atoms with E-state index in [0.717, 1.165) is 24.3 Å². The summed E-state index contributed by atoms with van der Waals surface area (Å²) < 4.78 is 42.3. The van der Waals surface area contributed by atoms with Crippen LogP contribution in [0.3, 0.4) is 0 Å². The number of hydrogen-bond acceptors (Lipinski definition) is 8. The van der Waals surface area contributed by atoms with E-state index in [1.54, 1.807) is 26.0 Å². The molecule has 9 nitrogen and oxygen atoms in total. The highest BCUT2D eigenvalue weighted by Gasteiger charge is 2.32.